The molecule has 0 amide bonds. The average molecular weight is 168 g/mol. The van der Waals surface area contributed by atoms with Gasteiger partial charge in [-0.1, -0.05) is 0 Å². The van der Waals surface area contributed by atoms with Gasteiger partial charge in [0.2, 0.25) is 0 Å². The van der Waals surface area contributed by atoms with Crippen molar-refractivity contribution in [3.05, 3.63) is 0 Å². The zero-order valence-electron chi connectivity index (χ0n) is 6.06. The number of aliphatic imine (C=N–C) groups is 3. The average Bonchev–Trinajstić information content (AvgIpc) is 2.50. The summed E-state index contributed by atoms with van der Waals surface area (Å²) in [7, 11) is 0. The minimum absolute atomic E-state index is 0.0925. The van der Waals surface area contributed by atoms with Crippen LogP contribution in [0.3, 0.4) is 0 Å². The first-order valence-electron chi connectivity index (χ1n) is 3.33. The molecule has 0 aromatic heterocycles. The largest absolute Gasteiger partial charge is 0.353 e. The Morgan fingerprint density at radius 2 is 2.45 bits per heavy atom. The molecule has 0 saturated heterocycles. The van der Waals surface area contributed by atoms with Crippen LogP contribution in [-0.4, -0.2) is 36.2 Å². The Bertz CT molecular complexity index is 245. The summed E-state index contributed by atoms with van der Waals surface area (Å²) < 4.78 is 0. The summed E-state index contributed by atoms with van der Waals surface area (Å²) in [6, 6.07) is 0.120. The highest BCUT2D eigenvalue weighted by atomic mass is 32.2. The van der Waals surface area contributed by atoms with Crippen molar-refractivity contribution in [1.29, 1.82) is 0 Å². The maximum atomic E-state index is 4.21. The predicted molar refractivity (Wildman–Crippen MR) is 48.6 cm³/mol. The van der Waals surface area contributed by atoms with Gasteiger partial charge < -0.3 is 5.32 Å². The molecule has 0 bridgehead atoms. The zero-order chi connectivity index (χ0) is 7.68. The van der Waals surface area contributed by atoms with Gasteiger partial charge in [0.25, 0.3) is 0 Å². The van der Waals surface area contributed by atoms with E-state index in [0.717, 1.165) is 5.04 Å². The second kappa shape index (κ2) is 2.65. The van der Waals surface area contributed by atoms with E-state index in [1.165, 1.54) is 0 Å². The molecule has 58 valence electrons. The zero-order valence-corrected chi connectivity index (χ0v) is 6.88. The Labute approximate surface area is 68.9 Å². The molecule has 0 aliphatic carbocycles. The Hall–Kier alpha value is -0.840. The van der Waals surface area contributed by atoms with E-state index in [4.69, 9.17) is 0 Å². The first kappa shape index (κ1) is 6.84. The van der Waals surface area contributed by atoms with Gasteiger partial charge in [-0.05, 0) is 6.26 Å². The van der Waals surface area contributed by atoms with Gasteiger partial charge in [0, 0.05) is 0 Å². The van der Waals surface area contributed by atoms with E-state index in [2.05, 4.69) is 20.3 Å². The van der Waals surface area contributed by atoms with Crippen molar-refractivity contribution in [2.45, 2.75) is 12.2 Å². The van der Waals surface area contributed by atoms with Crippen LogP contribution in [0.15, 0.2) is 15.0 Å². The van der Waals surface area contributed by atoms with Crippen LogP contribution in [0.2, 0.25) is 0 Å². The predicted octanol–water partition coefficient (Wildman–Crippen LogP) is 0.116. The van der Waals surface area contributed by atoms with Crippen LogP contribution in [0, 0.1) is 0 Å². The Kier molecular flexibility index (Phi) is 1.65. The third-order valence-corrected chi connectivity index (χ3v) is 2.42. The number of thioether (sulfide) groups is 1. The van der Waals surface area contributed by atoms with Crippen molar-refractivity contribution in [2.75, 3.05) is 6.26 Å². The normalized spacial score (nSPS) is 33.0. The van der Waals surface area contributed by atoms with Gasteiger partial charge in [0.15, 0.2) is 0 Å². The molecule has 2 unspecified atom stereocenters. The maximum absolute atomic E-state index is 4.21. The molecule has 0 fully saturated rings. The highest BCUT2D eigenvalue weighted by Gasteiger charge is 2.29. The summed E-state index contributed by atoms with van der Waals surface area (Å²) in [5.41, 5.74) is 0. The second-order valence-corrected chi connectivity index (χ2v) is 3.10. The van der Waals surface area contributed by atoms with E-state index >= 15 is 0 Å². The summed E-state index contributed by atoms with van der Waals surface area (Å²) in [5.74, 6) is 0. The lowest BCUT2D eigenvalue weighted by Crippen LogP contribution is -2.36. The molecule has 0 saturated carbocycles. The molecule has 11 heavy (non-hydrogen) atoms. The molecule has 1 N–H and O–H groups in total. The van der Waals surface area contributed by atoms with Gasteiger partial charge in [0.05, 0.1) is 6.34 Å². The van der Waals surface area contributed by atoms with Crippen molar-refractivity contribution in [3.63, 3.8) is 0 Å². The first-order valence-corrected chi connectivity index (χ1v) is 4.55. The lowest BCUT2D eigenvalue weighted by Gasteiger charge is -2.17. The summed E-state index contributed by atoms with van der Waals surface area (Å²) >= 11 is 1.63. The smallest absolute Gasteiger partial charge is 0.150 e. The topological polar surface area (TPSA) is 49.1 Å². The molecule has 0 aromatic carbocycles. The summed E-state index contributed by atoms with van der Waals surface area (Å²) in [6.07, 6.45) is 5.39. The molecule has 0 aromatic rings. The number of hydrogen-bond donors (Lipinski definition) is 1. The first-order chi connectivity index (χ1) is 5.42. The van der Waals surface area contributed by atoms with Gasteiger partial charge in [-0.15, -0.1) is 11.8 Å². The SMILES string of the molecule is CSC1=NC=NC2NC=NC12. The van der Waals surface area contributed by atoms with Gasteiger partial charge in [-0.25, -0.2) is 9.98 Å². The molecule has 2 rings (SSSR count). The van der Waals surface area contributed by atoms with Crippen LogP contribution in [-0.2, 0) is 0 Å². The Balaban J connectivity index is 2.25. The Morgan fingerprint density at radius 1 is 1.55 bits per heavy atom. The van der Waals surface area contributed by atoms with Crippen LogP contribution in [0.4, 0.5) is 0 Å². The highest BCUT2D eigenvalue weighted by Crippen LogP contribution is 2.16. The highest BCUT2D eigenvalue weighted by molar-refractivity contribution is 8.13. The molecular formula is C6H8N4S. The Morgan fingerprint density at radius 3 is 3.27 bits per heavy atom. The van der Waals surface area contributed by atoms with Crippen LogP contribution in [0.25, 0.3) is 0 Å². The van der Waals surface area contributed by atoms with Crippen LogP contribution < -0.4 is 5.32 Å². The van der Waals surface area contributed by atoms with Gasteiger partial charge in [-0.3, -0.25) is 4.99 Å². The van der Waals surface area contributed by atoms with E-state index < -0.39 is 0 Å². The summed E-state index contributed by atoms with van der Waals surface area (Å²) in [6.45, 7) is 0. The van der Waals surface area contributed by atoms with E-state index in [1.807, 2.05) is 6.26 Å². The van der Waals surface area contributed by atoms with Crippen LogP contribution in [0.5, 0.6) is 0 Å². The number of fused-ring (bicyclic) bond motifs is 1. The molecule has 5 heteroatoms. The fraction of sp³-hybridized carbons (Fsp3) is 0.500. The third-order valence-electron chi connectivity index (χ3n) is 1.65. The summed E-state index contributed by atoms with van der Waals surface area (Å²) in [5, 5.41) is 4.07. The van der Waals surface area contributed by atoms with Crippen LogP contribution in [0.1, 0.15) is 0 Å². The summed E-state index contributed by atoms with van der Waals surface area (Å²) in [4.78, 5) is 12.5. The van der Waals surface area contributed by atoms with Gasteiger partial charge >= 0.3 is 0 Å². The van der Waals surface area contributed by atoms with Crippen molar-refractivity contribution >= 4 is 29.5 Å². The molecule has 2 atom stereocenters. The van der Waals surface area contributed by atoms with Crippen LogP contribution >= 0.6 is 11.8 Å². The minimum atomic E-state index is 0.0925. The quantitative estimate of drug-likeness (QED) is 0.558. The molecule has 2 heterocycles. The lowest BCUT2D eigenvalue weighted by atomic mass is 10.2. The monoisotopic (exact) mass is 168 g/mol. The van der Waals surface area contributed by atoms with E-state index in [1.54, 1.807) is 24.4 Å². The fourth-order valence-electron chi connectivity index (χ4n) is 1.11. The van der Waals surface area contributed by atoms with E-state index in [-0.39, 0.29) is 12.2 Å². The van der Waals surface area contributed by atoms with E-state index in [9.17, 15) is 0 Å². The minimum Gasteiger partial charge on any atom is -0.353 e. The molecule has 4 nitrogen and oxygen atoms in total. The molecule has 2 aliphatic heterocycles. The number of nitrogens with zero attached hydrogens (tertiary/aromatic N) is 3. The van der Waals surface area contributed by atoms with Gasteiger partial charge in [-0.2, -0.15) is 0 Å². The molecular weight excluding hydrogens is 160 g/mol. The standard InChI is InChI=1S/C6H8N4S/c1-11-6-4-5(8-2-7-4)9-3-10-6/h2-5H,1H3,(H,7,8). The molecule has 0 radical (unpaired) electrons. The van der Waals surface area contributed by atoms with Gasteiger partial charge in [0.1, 0.15) is 23.6 Å². The molecule has 0 spiro atoms. The second-order valence-electron chi connectivity index (χ2n) is 2.27. The van der Waals surface area contributed by atoms with Crippen molar-refractivity contribution in [2.24, 2.45) is 15.0 Å². The van der Waals surface area contributed by atoms with Crippen molar-refractivity contribution in [3.8, 4) is 0 Å². The lowest BCUT2D eigenvalue weighted by molar-refractivity contribution is 0.640. The number of hydrogen-bond acceptors (Lipinski definition) is 5. The number of rotatable bonds is 0. The van der Waals surface area contributed by atoms with Crippen molar-refractivity contribution < 1.29 is 0 Å². The molecule has 2 aliphatic rings. The third kappa shape index (κ3) is 1.05. The maximum Gasteiger partial charge on any atom is 0.150 e. The van der Waals surface area contributed by atoms with Crippen molar-refractivity contribution in [1.82, 2.24) is 5.32 Å². The fourth-order valence-corrected chi connectivity index (χ4v) is 1.69. The number of nitrogens with one attached hydrogen (secondary N) is 1. The van der Waals surface area contributed by atoms with E-state index in [0.29, 0.717) is 0 Å².